The molecule has 0 amide bonds. The smallest absolute Gasteiger partial charge is 0.180 e. The molecule has 0 saturated carbocycles. The third-order valence-corrected chi connectivity index (χ3v) is 2.98. The van der Waals surface area contributed by atoms with Crippen molar-refractivity contribution in [2.24, 2.45) is 0 Å². The lowest BCUT2D eigenvalue weighted by atomic mass is 11.0. The molecule has 0 aromatic carbocycles. The van der Waals surface area contributed by atoms with Crippen molar-refractivity contribution < 1.29 is 4.42 Å². The monoisotopic (exact) mass is 141 g/mol. The summed E-state index contributed by atoms with van der Waals surface area (Å²) >= 11 is 0. The lowest BCUT2D eigenvalue weighted by molar-refractivity contribution is 0.558. The molecule has 0 unspecified atom stereocenters. The topological polar surface area (TPSA) is 26.0 Å². The molecule has 0 aliphatic rings. The number of hydrogen-bond donors (Lipinski definition) is 0. The van der Waals surface area contributed by atoms with Gasteiger partial charge in [0.05, 0.1) is 5.32 Å². The van der Waals surface area contributed by atoms with E-state index in [0.29, 0.717) is 0 Å². The van der Waals surface area contributed by atoms with Crippen molar-refractivity contribution in [3.63, 3.8) is 0 Å². The van der Waals surface area contributed by atoms with Gasteiger partial charge in [-0.05, 0) is 0 Å². The number of nitrogens with zero attached hydrogens (tertiary/aromatic N) is 1. The first kappa shape index (κ1) is 6.55. The van der Waals surface area contributed by atoms with E-state index in [0.717, 1.165) is 5.32 Å². The minimum Gasteiger partial charge on any atom is -0.452 e. The van der Waals surface area contributed by atoms with E-state index in [-0.39, 0.29) is 0 Å². The average Bonchev–Trinajstić information content (AvgIpc) is 2.08. The van der Waals surface area contributed by atoms with Crippen LogP contribution in [-0.4, -0.2) is 13.1 Å². The molecule has 9 heavy (non-hydrogen) atoms. The summed E-state index contributed by atoms with van der Waals surface area (Å²) in [5.74, 6) is 0. The Bertz CT molecular complexity index is 175. The zero-order chi connectivity index (χ0) is 6.91. The first-order valence-corrected chi connectivity index (χ1v) is 6.49. The molecule has 0 atom stereocenters. The van der Waals surface area contributed by atoms with Gasteiger partial charge in [-0.1, -0.05) is 19.6 Å². The molecule has 50 valence electrons. The summed E-state index contributed by atoms with van der Waals surface area (Å²) in [5.41, 5.74) is 0. The first-order valence-electron chi connectivity index (χ1n) is 2.99. The largest absolute Gasteiger partial charge is 0.452 e. The molecule has 0 spiro atoms. The van der Waals surface area contributed by atoms with E-state index in [2.05, 4.69) is 24.6 Å². The molecule has 1 rings (SSSR count). The highest BCUT2D eigenvalue weighted by Gasteiger charge is 2.18. The van der Waals surface area contributed by atoms with Gasteiger partial charge in [0.25, 0.3) is 0 Å². The Morgan fingerprint density at radius 1 is 1.44 bits per heavy atom. The minimum atomic E-state index is -1.19. The van der Waals surface area contributed by atoms with Gasteiger partial charge in [0.1, 0.15) is 14.3 Å². The molecular formula is C6H11NOSi. The normalized spacial score (nSPS) is 11.9. The zero-order valence-corrected chi connectivity index (χ0v) is 7.01. The van der Waals surface area contributed by atoms with E-state index in [9.17, 15) is 0 Å². The van der Waals surface area contributed by atoms with E-state index in [1.54, 1.807) is 6.26 Å². The van der Waals surface area contributed by atoms with Gasteiger partial charge in [0.2, 0.25) is 0 Å². The summed E-state index contributed by atoms with van der Waals surface area (Å²) in [5, 5.41) is 1.14. The molecule has 0 radical (unpaired) electrons. The van der Waals surface area contributed by atoms with E-state index < -0.39 is 8.07 Å². The molecule has 2 nitrogen and oxygen atoms in total. The standard InChI is InChI=1S/C6H11NOSi/c1-9(2,3)6-4-8-5-7-6/h4-5H,1-3H3. The van der Waals surface area contributed by atoms with Crippen LogP contribution in [0.1, 0.15) is 0 Å². The van der Waals surface area contributed by atoms with Gasteiger partial charge >= 0.3 is 0 Å². The molecule has 0 fully saturated rings. The van der Waals surface area contributed by atoms with E-state index >= 15 is 0 Å². The van der Waals surface area contributed by atoms with Crippen LogP contribution in [0, 0.1) is 0 Å². The molecule has 0 bridgehead atoms. The molecule has 3 heteroatoms. The SMILES string of the molecule is C[Si](C)(C)c1cocn1. The molecule has 0 N–H and O–H groups in total. The second-order valence-corrected chi connectivity index (χ2v) is 8.14. The van der Waals surface area contributed by atoms with Crippen molar-refractivity contribution in [2.75, 3.05) is 0 Å². The maximum atomic E-state index is 4.86. The highest BCUT2D eigenvalue weighted by Crippen LogP contribution is 1.98. The van der Waals surface area contributed by atoms with Crippen LogP contribution in [0.15, 0.2) is 17.1 Å². The Labute approximate surface area is 55.9 Å². The lowest BCUT2D eigenvalue weighted by Crippen LogP contribution is -2.38. The van der Waals surface area contributed by atoms with Crippen molar-refractivity contribution in [3.8, 4) is 0 Å². The van der Waals surface area contributed by atoms with Crippen LogP contribution < -0.4 is 5.32 Å². The van der Waals surface area contributed by atoms with Gasteiger partial charge in [-0.25, -0.2) is 4.98 Å². The average molecular weight is 141 g/mol. The number of rotatable bonds is 1. The zero-order valence-electron chi connectivity index (χ0n) is 6.01. The quantitative estimate of drug-likeness (QED) is 0.550. The van der Waals surface area contributed by atoms with Crippen LogP contribution in [0.4, 0.5) is 0 Å². The predicted octanol–water partition coefficient (Wildman–Crippen LogP) is 1.22. The molecule has 0 aliphatic heterocycles. The summed E-state index contributed by atoms with van der Waals surface area (Å²) in [4.78, 5) is 4.08. The van der Waals surface area contributed by atoms with Crippen molar-refractivity contribution in [2.45, 2.75) is 19.6 Å². The number of oxazole rings is 1. The highest BCUT2D eigenvalue weighted by atomic mass is 28.3. The Balaban J connectivity index is 2.90. The lowest BCUT2D eigenvalue weighted by Gasteiger charge is -2.09. The van der Waals surface area contributed by atoms with Crippen molar-refractivity contribution in [1.29, 1.82) is 0 Å². The maximum Gasteiger partial charge on any atom is 0.180 e. The van der Waals surface area contributed by atoms with Gasteiger partial charge in [0, 0.05) is 0 Å². The fourth-order valence-electron chi connectivity index (χ4n) is 0.583. The Hall–Kier alpha value is -0.573. The van der Waals surface area contributed by atoms with E-state index in [4.69, 9.17) is 4.42 Å². The molecule has 1 heterocycles. The predicted molar refractivity (Wildman–Crippen MR) is 39.5 cm³/mol. The van der Waals surface area contributed by atoms with E-state index in [1.165, 1.54) is 6.39 Å². The van der Waals surface area contributed by atoms with Crippen molar-refractivity contribution in [3.05, 3.63) is 12.7 Å². The summed E-state index contributed by atoms with van der Waals surface area (Å²) in [7, 11) is -1.19. The van der Waals surface area contributed by atoms with Gasteiger partial charge in [0.15, 0.2) is 6.39 Å². The molecule has 1 aromatic heterocycles. The highest BCUT2D eigenvalue weighted by molar-refractivity contribution is 6.88. The Morgan fingerprint density at radius 2 is 2.11 bits per heavy atom. The van der Waals surface area contributed by atoms with Crippen LogP contribution in [0.2, 0.25) is 19.6 Å². The van der Waals surface area contributed by atoms with Crippen molar-refractivity contribution in [1.82, 2.24) is 4.98 Å². The Kier molecular flexibility index (Phi) is 1.44. The third-order valence-electron chi connectivity index (χ3n) is 1.20. The van der Waals surface area contributed by atoms with Crippen molar-refractivity contribution >= 4 is 13.4 Å². The molecular weight excluding hydrogens is 130 g/mol. The third kappa shape index (κ3) is 1.42. The van der Waals surface area contributed by atoms with Crippen LogP contribution in [-0.2, 0) is 0 Å². The number of aromatic nitrogens is 1. The summed E-state index contributed by atoms with van der Waals surface area (Å²) in [6.07, 6.45) is 3.24. The van der Waals surface area contributed by atoms with Crippen LogP contribution in [0.3, 0.4) is 0 Å². The maximum absolute atomic E-state index is 4.86. The Morgan fingerprint density at radius 3 is 2.33 bits per heavy atom. The van der Waals surface area contributed by atoms with Crippen LogP contribution in [0.5, 0.6) is 0 Å². The molecule has 0 saturated heterocycles. The molecule has 1 aromatic rings. The fraction of sp³-hybridized carbons (Fsp3) is 0.500. The second-order valence-electron chi connectivity index (χ2n) is 3.12. The summed E-state index contributed by atoms with van der Waals surface area (Å²) < 4.78 is 4.86. The van der Waals surface area contributed by atoms with Crippen LogP contribution >= 0.6 is 0 Å². The first-order chi connectivity index (χ1) is 4.11. The van der Waals surface area contributed by atoms with Crippen LogP contribution in [0.25, 0.3) is 0 Å². The van der Waals surface area contributed by atoms with Gasteiger partial charge in [-0.15, -0.1) is 0 Å². The minimum absolute atomic E-state index is 1.14. The van der Waals surface area contributed by atoms with E-state index in [1.807, 2.05) is 0 Å². The fourth-order valence-corrected chi connectivity index (χ4v) is 1.44. The summed E-state index contributed by atoms with van der Waals surface area (Å²) in [6, 6.07) is 0. The van der Waals surface area contributed by atoms with Gasteiger partial charge in [-0.2, -0.15) is 0 Å². The second kappa shape index (κ2) is 1.99. The van der Waals surface area contributed by atoms with Gasteiger partial charge < -0.3 is 4.42 Å². The summed E-state index contributed by atoms with van der Waals surface area (Å²) in [6.45, 7) is 6.72. The molecule has 0 aliphatic carbocycles. The van der Waals surface area contributed by atoms with Gasteiger partial charge in [-0.3, -0.25) is 0 Å². The number of hydrogen-bond acceptors (Lipinski definition) is 2.